The highest BCUT2D eigenvalue weighted by molar-refractivity contribution is 6.02. The molecule has 0 amide bonds. The topological polar surface area (TPSA) is 79.5 Å². The van der Waals surface area contributed by atoms with E-state index in [1.165, 1.54) is 31.4 Å². The Kier molecular flexibility index (Phi) is 5.67. The first kappa shape index (κ1) is 24.6. The fraction of sp³-hybridized carbons (Fsp3) is 0.364. The zero-order valence-electron chi connectivity index (χ0n) is 23.4. The molecule has 0 radical (unpaired) electrons. The van der Waals surface area contributed by atoms with Crippen LogP contribution in [0.2, 0.25) is 0 Å². The number of imidazole rings is 1. The second kappa shape index (κ2) is 9.45. The van der Waals surface area contributed by atoms with Gasteiger partial charge in [-0.05, 0) is 91.4 Å². The van der Waals surface area contributed by atoms with E-state index in [-0.39, 0.29) is 11.3 Å². The molecular weight excluding hydrogens is 512 g/mol. The van der Waals surface area contributed by atoms with E-state index in [4.69, 9.17) is 14.7 Å². The van der Waals surface area contributed by atoms with Crippen LogP contribution in [0, 0.1) is 6.92 Å². The number of ether oxygens (including phenoxy) is 1. The lowest BCUT2D eigenvalue weighted by atomic mass is 9.93. The molecule has 208 valence electrons. The van der Waals surface area contributed by atoms with Gasteiger partial charge in [0.25, 0.3) is 0 Å². The molecule has 0 unspecified atom stereocenters. The van der Waals surface area contributed by atoms with Crippen LogP contribution in [0.4, 0.5) is 5.82 Å². The Balaban J connectivity index is 1.26. The molecule has 0 atom stereocenters. The SMILES string of the molecule is Cc1c(-c2cc(O)cc3ccccc23)ccc2c(N3CCn4cncc4C3)nc(OCC34CCCN3CCC4)nc12. The summed E-state index contributed by atoms with van der Waals surface area (Å²) in [7, 11) is 0. The van der Waals surface area contributed by atoms with Crippen LogP contribution in [0.15, 0.2) is 61.1 Å². The van der Waals surface area contributed by atoms with Crippen molar-refractivity contribution in [3.05, 3.63) is 72.3 Å². The number of fused-ring (bicyclic) bond motifs is 4. The Bertz CT molecular complexity index is 1790. The van der Waals surface area contributed by atoms with Crippen molar-refractivity contribution in [3.63, 3.8) is 0 Å². The Morgan fingerprint density at radius 3 is 2.66 bits per heavy atom. The summed E-state index contributed by atoms with van der Waals surface area (Å²) < 4.78 is 8.74. The number of phenolic OH excluding ortho intramolecular Hbond substituents is 1. The number of aromatic nitrogens is 4. The Hall–Kier alpha value is -4.17. The molecule has 0 spiro atoms. The maximum Gasteiger partial charge on any atom is 0.319 e. The van der Waals surface area contributed by atoms with Crippen molar-refractivity contribution in [1.82, 2.24) is 24.4 Å². The Morgan fingerprint density at radius 1 is 0.927 bits per heavy atom. The Morgan fingerprint density at radius 2 is 1.78 bits per heavy atom. The van der Waals surface area contributed by atoms with Crippen LogP contribution in [-0.4, -0.2) is 61.3 Å². The fourth-order valence-electron chi connectivity index (χ4n) is 7.44. The minimum absolute atomic E-state index is 0.119. The molecule has 1 N–H and O–H groups in total. The number of benzene rings is 3. The van der Waals surface area contributed by atoms with Crippen LogP contribution < -0.4 is 9.64 Å². The molecular formula is C33H34N6O2. The maximum absolute atomic E-state index is 10.6. The van der Waals surface area contributed by atoms with E-state index in [0.29, 0.717) is 12.6 Å². The second-order valence-corrected chi connectivity index (χ2v) is 11.9. The molecule has 0 saturated carbocycles. The van der Waals surface area contributed by atoms with Crippen LogP contribution in [0.5, 0.6) is 11.8 Å². The van der Waals surface area contributed by atoms with E-state index in [1.54, 1.807) is 0 Å². The van der Waals surface area contributed by atoms with Gasteiger partial charge in [0.1, 0.15) is 18.2 Å². The molecule has 5 aromatic rings. The monoisotopic (exact) mass is 546 g/mol. The number of hydrogen-bond donors (Lipinski definition) is 1. The first-order valence-corrected chi connectivity index (χ1v) is 14.7. The van der Waals surface area contributed by atoms with Gasteiger partial charge in [0.05, 0.1) is 29.6 Å². The summed E-state index contributed by atoms with van der Waals surface area (Å²) in [5, 5.41) is 13.7. The molecule has 3 aliphatic heterocycles. The van der Waals surface area contributed by atoms with Gasteiger partial charge in [0.2, 0.25) is 0 Å². The summed E-state index contributed by atoms with van der Waals surface area (Å²) in [4.78, 5) is 19.4. The van der Waals surface area contributed by atoms with E-state index < -0.39 is 0 Å². The van der Waals surface area contributed by atoms with Gasteiger partial charge in [-0.2, -0.15) is 9.97 Å². The predicted molar refractivity (Wildman–Crippen MR) is 160 cm³/mol. The van der Waals surface area contributed by atoms with Crippen LogP contribution in [0.1, 0.15) is 36.9 Å². The molecule has 8 rings (SSSR count). The summed E-state index contributed by atoms with van der Waals surface area (Å²) in [5.41, 5.74) is 5.28. The van der Waals surface area contributed by atoms with E-state index in [0.717, 1.165) is 76.9 Å². The molecule has 5 heterocycles. The van der Waals surface area contributed by atoms with E-state index in [9.17, 15) is 5.11 Å². The molecule has 2 saturated heterocycles. The van der Waals surface area contributed by atoms with Gasteiger partial charge in [-0.25, -0.2) is 4.98 Å². The van der Waals surface area contributed by atoms with Crippen molar-refractivity contribution in [2.24, 2.45) is 0 Å². The molecule has 0 aliphatic carbocycles. The smallest absolute Gasteiger partial charge is 0.319 e. The van der Waals surface area contributed by atoms with Gasteiger partial charge >= 0.3 is 6.01 Å². The molecule has 8 heteroatoms. The lowest BCUT2D eigenvalue weighted by molar-refractivity contribution is 0.108. The highest BCUT2D eigenvalue weighted by Gasteiger charge is 2.45. The molecule has 41 heavy (non-hydrogen) atoms. The fourth-order valence-corrected chi connectivity index (χ4v) is 7.44. The quantitative estimate of drug-likeness (QED) is 0.303. The number of rotatable bonds is 5. The molecule has 3 aromatic carbocycles. The van der Waals surface area contributed by atoms with Gasteiger partial charge in [0, 0.05) is 24.7 Å². The first-order valence-electron chi connectivity index (χ1n) is 14.7. The van der Waals surface area contributed by atoms with Gasteiger partial charge in [0.15, 0.2) is 0 Å². The number of hydrogen-bond acceptors (Lipinski definition) is 7. The van der Waals surface area contributed by atoms with Gasteiger partial charge < -0.3 is 19.3 Å². The van der Waals surface area contributed by atoms with Crippen LogP contribution >= 0.6 is 0 Å². The van der Waals surface area contributed by atoms with Crippen molar-refractivity contribution in [2.75, 3.05) is 31.1 Å². The number of aromatic hydroxyl groups is 1. The van der Waals surface area contributed by atoms with Crippen molar-refractivity contribution >= 4 is 27.5 Å². The van der Waals surface area contributed by atoms with Gasteiger partial charge in [-0.3, -0.25) is 4.90 Å². The maximum atomic E-state index is 10.6. The first-order chi connectivity index (χ1) is 20.1. The second-order valence-electron chi connectivity index (χ2n) is 11.9. The lowest BCUT2D eigenvalue weighted by Crippen LogP contribution is -2.43. The molecule has 3 aliphatic rings. The summed E-state index contributed by atoms with van der Waals surface area (Å²) >= 11 is 0. The minimum Gasteiger partial charge on any atom is -0.508 e. The van der Waals surface area contributed by atoms with E-state index in [1.807, 2.05) is 42.9 Å². The average molecular weight is 547 g/mol. The molecule has 8 nitrogen and oxygen atoms in total. The van der Waals surface area contributed by atoms with E-state index in [2.05, 4.69) is 44.5 Å². The summed E-state index contributed by atoms with van der Waals surface area (Å²) in [5.74, 6) is 1.16. The molecule has 0 bridgehead atoms. The zero-order chi connectivity index (χ0) is 27.6. The summed E-state index contributed by atoms with van der Waals surface area (Å²) in [6.45, 7) is 7.51. The predicted octanol–water partition coefficient (Wildman–Crippen LogP) is 5.69. The van der Waals surface area contributed by atoms with Crippen LogP contribution in [0.25, 0.3) is 32.8 Å². The third-order valence-electron chi connectivity index (χ3n) is 9.56. The van der Waals surface area contributed by atoms with Gasteiger partial charge in [-0.15, -0.1) is 0 Å². The minimum atomic E-state index is 0.119. The standard InChI is InChI=1S/C33H34N6O2/c1-22-26(29-17-25(40)16-23-6-2-3-7-27(23)29)8-9-28-30(22)35-32(41-20-33-10-4-12-39(33)13-5-11-33)36-31(28)37-14-15-38-21-34-18-24(38)19-37/h2-3,6-9,16-18,21,40H,4-5,10-15,19-20H2,1H3. The number of anilines is 1. The number of phenols is 1. The normalized spacial score (nSPS) is 18.2. The molecule has 2 aromatic heterocycles. The molecule has 2 fully saturated rings. The third-order valence-corrected chi connectivity index (χ3v) is 9.56. The van der Waals surface area contributed by atoms with Crippen molar-refractivity contribution in [3.8, 4) is 22.9 Å². The van der Waals surface area contributed by atoms with Crippen LogP contribution in [-0.2, 0) is 13.1 Å². The lowest BCUT2D eigenvalue weighted by Gasteiger charge is -2.32. The number of nitrogens with zero attached hydrogens (tertiary/aromatic N) is 6. The summed E-state index contributed by atoms with van der Waals surface area (Å²) in [6, 6.07) is 16.6. The Labute approximate surface area is 239 Å². The highest BCUT2D eigenvalue weighted by atomic mass is 16.5. The average Bonchev–Trinajstić information content (AvgIpc) is 3.71. The highest BCUT2D eigenvalue weighted by Crippen LogP contribution is 2.41. The van der Waals surface area contributed by atoms with Crippen molar-refractivity contribution in [1.29, 1.82) is 0 Å². The largest absolute Gasteiger partial charge is 0.508 e. The van der Waals surface area contributed by atoms with Crippen LogP contribution in [0.3, 0.4) is 0 Å². The number of aryl methyl sites for hydroxylation is 1. The zero-order valence-corrected chi connectivity index (χ0v) is 23.4. The van der Waals surface area contributed by atoms with Gasteiger partial charge in [-0.1, -0.05) is 30.3 Å². The van der Waals surface area contributed by atoms with Crippen molar-refractivity contribution < 1.29 is 9.84 Å². The van der Waals surface area contributed by atoms with E-state index >= 15 is 0 Å². The van der Waals surface area contributed by atoms with Crippen molar-refractivity contribution in [2.45, 2.75) is 51.2 Å². The summed E-state index contributed by atoms with van der Waals surface area (Å²) in [6.07, 6.45) is 8.67. The third kappa shape index (κ3) is 4.03.